The number of esters is 2. The maximum absolute atomic E-state index is 11.5. The lowest BCUT2D eigenvalue weighted by Gasteiger charge is -2.06. The first-order valence-corrected chi connectivity index (χ1v) is 7.61. The summed E-state index contributed by atoms with van der Waals surface area (Å²) < 4.78 is 14.4. The highest BCUT2D eigenvalue weighted by atomic mass is 16.6. The van der Waals surface area contributed by atoms with E-state index in [1.807, 2.05) is 0 Å². The molecule has 7 nitrogen and oxygen atoms in total. The molecule has 0 saturated heterocycles. The van der Waals surface area contributed by atoms with E-state index < -0.39 is 0 Å². The average Bonchev–Trinajstić information content (AvgIpc) is 2.49. The van der Waals surface area contributed by atoms with Gasteiger partial charge in [0.25, 0.3) is 0 Å². The molecule has 0 aliphatic carbocycles. The number of nitrogens with one attached hydrogen (secondary N) is 1. The van der Waals surface area contributed by atoms with Crippen LogP contribution in [-0.2, 0) is 28.6 Å². The lowest BCUT2D eigenvalue weighted by atomic mass is 10.1. The van der Waals surface area contributed by atoms with Crippen molar-refractivity contribution in [1.29, 1.82) is 0 Å². The molecule has 0 heterocycles. The van der Waals surface area contributed by atoms with Gasteiger partial charge in [0.1, 0.15) is 6.61 Å². The third-order valence-corrected chi connectivity index (χ3v) is 2.86. The molecule has 22 heavy (non-hydrogen) atoms. The van der Waals surface area contributed by atoms with Crippen molar-refractivity contribution >= 4 is 17.8 Å². The van der Waals surface area contributed by atoms with Gasteiger partial charge in [-0.25, -0.2) is 0 Å². The maximum atomic E-state index is 11.5. The third kappa shape index (κ3) is 14.8. The van der Waals surface area contributed by atoms with E-state index in [0.29, 0.717) is 32.6 Å². The number of carbonyl (C=O) groups excluding carboxylic acids is 3. The molecule has 0 aromatic heterocycles. The van der Waals surface area contributed by atoms with Crippen LogP contribution in [-0.4, -0.2) is 51.3 Å². The first-order chi connectivity index (χ1) is 10.6. The largest absolute Gasteiger partial charge is 0.469 e. The topological polar surface area (TPSA) is 90.9 Å². The van der Waals surface area contributed by atoms with Crippen molar-refractivity contribution in [2.24, 2.45) is 0 Å². The fraction of sp³-hybridized carbons (Fsp3) is 0.800. The molecular weight excluding hydrogens is 290 g/mol. The zero-order valence-electron chi connectivity index (χ0n) is 13.5. The van der Waals surface area contributed by atoms with Gasteiger partial charge in [0, 0.05) is 26.3 Å². The predicted octanol–water partition coefficient (Wildman–Crippen LogP) is 1.20. The number of carbonyl (C=O) groups is 3. The van der Waals surface area contributed by atoms with E-state index in [0.717, 1.165) is 25.7 Å². The van der Waals surface area contributed by atoms with E-state index in [-0.39, 0.29) is 24.5 Å². The molecule has 0 saturated carbocycles. The fourth-order valence-corrected chi connectivity index (χ4v) is 1.71. The summed E-state index contributed by atoms with van der Waals surface area (Å²) in [5.74, 6) is -0.522. The van der Waals surface area contributed by atoms with Gasteiger partial charge < -0.3 is 19.5 Å². The number of hydrogen-bond donors (Lipinski definition) is 1. The van der Waals surface area contributed by atoms with Crippen LogP contribution in [0.4, 0.5) is 0 Å². The van der Waals surface area contributed by atoms with Crippen LogP contribution in [0.1, 0.15) is 45.4 Å². The first kappa shape index (κ1) is 20.4. The molecule has 0 aromatic carbocycles. The zero-order valence-corrected chi connectivity index (χ0v) is 13.5. The molecular formula is C15H27NO6. The summed E-state index contributed by atoms with van der Waals surface area (Å²) in [5, 5.41) is 2.75. The predicted molar refractivity (Wildman–Crippen MR) is 80.2 cm³/mol. The van der Waals surface area contributed by atoms with Gasteiger partial charge in [-0.3, -0.25) is 14.4 Å². The smallest absolute Gasteiger partial charge is 0.305 e. The molecule has 1 amide bonds. The number of hydrogen-bond acceptors (Lipinski definition) is 6. The van der Waals surface area contributed by atoms with Crippen molar-refractivity contribution in [2.75, 3.05) is 33.5 Å². The number of unbranched alkanes of at least 4 members (excludes halogenated alkanes) is 3. The van der Waals surface area contributed by atoms with Gasteiger partial charge in [-0.2, -0.15) is 0 Å². The Morgan fingerprint density at radius 3 is 2.23 bits per heavy atom. The lowest BCUT2D eigenvalue weighted by Crippen LogP contribution is -2.27. The summed E-state index contributed by atoms with van der Waals surface area (Å²) in [7, 11) is 1.38. The second-order valence-corrected chi connectivity index (χ2v) is 4.79. The Morgan fingerprint density at radius 2 is 1.59 bits per heavy atom. The number of amides is 1. The number of methoxy groups -OCH3 is 1. The Hall–Kier alpha value is -1.63. The van der Waals surface area contributed by atoms with Gasteiger partial charge in [0.05, 0.1) is 20.3 Å². The van der Waals surface area contributed by atoms with Crippen molar-refractivity contribution in [3.63, 3.8) is 0 Å². The molecule has 1 N–H and O–H groups in total. The molecule has 0 atom stereocenters. The standard InChI is InChI=1S/C15H27NO6/c1-13(17)22-12-11-21-10-9-16-14(18)7-5-3-4-6-8-15(19)20-2/h3-12H2,1-2H3,(H,16,18). The summed E-state index contributed by atoms with van der Waals surface area (Å²) in [6, 6.07) is 0. The first-order valence-electron chi connectivity index (χ1n) is 7.61. The Kier molecular flexibility index (Phi) is 13.3. The van der Waals surface area contributed by atoms with Crippen LogP contribution in [0.25, 0.3) is 0 Å². The highest BCUT2D eigenvalue weighted by Crippen LogP contribution is 2.05. The Morgan fingerprint density at radius 1 is 0.909 bits per heavy atom. The van der Waals surface area contributed by atoms with Crippen LogP contribution in [0.15, 0.2) is 0 Å². The SMILES string of the molecule is COC(=O)CCCCCCC(=O)NCCOCCOC(C)=O. The molecule has 0 fully saturated rings. The van der Waals surface area contributed by atoms with Gasteiger partial charge in [-0.15, -0.1) is 0 Å². The number of rotatable bonds is 13. The van der Waals surface area contributed by atoms with Crippen molar-refractivity contribution < 1.29 is 28.6 Å². The van der Waals surface area contributed by atoms with Crippen molar-refractivity contribution in [3.8, 4) is 0 Å². The summed E-state index contributed by atoms with van der Waals surface area (Å²) in [4.78, 5) is 32.9. The quantitative estimate of drug-likeness (QED) is 0.405. The third-order valence-electron chi connectivity index (χ3n) is 2.86. The summed E-state index contributed by atoms with van der Waals surface area (Å²) in [6.45, 7) is 2.74. The van der Waals surface area contributed by atoms with Crippen LogP contribution >= 0.6 is 0 Å². The lowest BCUT2D eigenvalue weighted by molar-refractivity contribution is -0.142. The van der Waals surface area contributed by atoms with Crippen LogP contribution in [0.5, 0.6) is 0 Å². The van der Waals surface area contributed by atoms with Crippen molar-refractivity contribution in [3.05, 3.63) is 0 Å². The van der Waals surface area contributed by atoms with Crippen LogP contribution < -0.4 is 5.32 Å². The molecule has 0 aromatic rings. The molecule has 128 valence electrons. The second kappa shape index (κ2) is 14.3. The van der Waals surface area contributed by atoms with Crippen LogP contribution in [0, 0.1) is 0 Å². The normalized spacial score (nSPS) is 10.1. The van der Waals surface area contributed by atoms with Crippen LogP contribution in [0.3, 0.4) is 0 Å². The molecule has 0 unspecified atom stereocenters. The number of ether oxygens (including phenoxy) is 3. The summed E-state index contributed by atoms with van der Waals surface area (Å²) in [5.41, 5.74) is 0. The summed E-state index contributed by atoms with van der Waals surface area (Å²) >= 11 is 0. The molecule has 0 aliphatic heterocycles. The molecule has 0 bridgehead atoms. The average molecular weight is 317 g/mol. The van der Waals surface area contributed by atoms with Crippen LogP contribution in [0.2, 0.25) is 0 Å². The highest BCUT2D eigenvalue weighted by Gasteiger charge is 2.02. The van der Waals surface area contributed by atoms with E-state index >= 15 is 0 Å². The van der Waals surface area contributed by atoms with E-state index in [2.05, 4.69) is 10.1 Å². The van der Waals surface area contributed by atoms with E-state index in [1.54, 1.807) is 0 Å². The minimum absolute atomic E-state index is 0.00319. The Balaban J connectivity index is 3.26. The second-order valence-electron chi connectivity index (χ2n) is 4.79. The Labute approximate surface area is 131 Å². The maximum Gasteiger partial charge on any atom is 0.305 e. The van der Waals surface area contributed by atoms with E-state index in [9.17, 15) is 14.4 Å². The van der Waals surface area contributed by atoms with Gasteiger partial charge in [-0.1, -0.05) is 12.8 Å². The van der Waals surface area contributed by atoms with Crippen molar-refractivity contribution in [2.45, 2.75) is 45.4 Å². The van der Waals surface area contributed by atoms with Gasteiger partial charge in [-0.05, 0) is 12.8 Å². The van der Waals surface area contributed by atoms with E-state index in [1.165, 1.54) is 14.0 Å². The van der Waals surface area contributed by atoms with E-state index in [4.69, 9.17) is 9.47 Å². The summed E-state index contributed by atoms with van der Waals surface area (Å²) in [6.07, 6.45) is 4.36. The molecule has 0 rings (SSSR count). The zero-order chi connectivity index (χ0) is 16.6. The minimum atomic E-state index is -0.330. The molecule has 0 radical (unpaired) electrons. The molecule has 7 heteroatoms. The molecule has 0 spiro atoms. The monoisotopic (exact) mass is 317 g/mol. The van der Waals surface area contributed by atoms with Gasteiger partial charge >= 0.3 is 11.9 Å². The van der Waals surface area contributed by atoms with Gasteiger partial charge in [0.15, 0.2) is 0 Å². The Bertz CT molecular complexity index is 332. The fourth-order valence-electron chi connectivity index (χ4n) is 1.71. The van der Waals surface area contributed by atoms with Crippen molar-refractivity contribution in [1.82, 2.24) is 5.32 Å². The highest BCUT2D eigenvalue weighted by molar-refractivity contribution is 5.75. The minimum Gasteiger partial charge on any atom is -0.469 e. The molecule has 0 aliphatic rings. The van der Waals surface area contributed by atoms with Gasteiger partial charge in [0.2, 0.25) is 5.91 Å².